The standard InChI is InChI=1S/C21H21Cl2N3O2/c1-13-2-4-17(16(23)10-13)24-20(27)12-26-8-6-14(7-9-26)21-25-18-11-15(22)3-5-19(18)28-21/h2-5,10-11,14H,6-9,12H2,1H3,(H,24,27). The van der Waals surface area contributed by atoms with Gasteiger partial charge in [0.2, 0.25) is 5.91 Å². The van der Waals surface area contributed by atoms with Gasteiger partial charge in [-0.1, -0.05) is 29.3 Å². The average Bonchev–Trinajstić information content (AvgIpc) is 3.08. The molecular formula is C21H21Cl2N3O2. The molecule has 1 aromatic heterocycles. The highest BCUT2D eigenvalue weighted by Crippen LogP contribution is 2.31. The lowest BCUT2D eigenvalue weighted by Gasteiger charge is -2.29. The number of piperidine rings is 1. The van der Waals surface area contributed by atoms with Gasteiger partial charge in [-0.15, -0.1) is 0 Å². The highest BCUT2D eigenvalue weighted by Gasteiger charge is 2.25. The topological polar surface area (TPSA) is 58.4 Å². The summed E-state index contributed by atoms with van der Waals surface area (Å²) in [4.78, 5) is 19.1. The number of carbonyl (C=O) groups excluding carboxylic acids is 1. The summed E-state index contributed by atoms with van der Waals surface area (Å²) in [5, 5.41) is 4.11. The van der Waals surface area contributed by atoms with Crippen LogP contribution < -0.4 is 5.32 Å². The molecule has 2 aromatic carbocycles. The number of aryl methyl sites for hydroxylation is 1. The van der Waals surface area contributed by atoms with Crippen LogP contribution in [0.3, 0.4) is 0 Å². The smallest absolute Gasteiger partial charge is 0.238 e. The van der Waals surface area contributed by atoms with Gasteiger partial charge in [-0.3, -0.25) is 9.69 Å². The molecule has 146 valence electrons. The molecule has 7 heteroatoms. The van der Waals surface area contributed by atoms with E-state index in [-0.39, 0.29) is 11.8 Å². The summed E-state index contributed by atoms with van der Waals surface area (Å²) in [6.45, 7) is 3.95. The maximum Gasteiger partial charge on any atom is 0.238 e. The Hall–Kier alpha value is -2.08. The molecule has 28 heavy (non-hydrogen) atoms. The van der Waals surface area contributed by atoms with E-state index in [0.717, 1.165) is 48.5 Å². The summed E-state index contributed by atoms with van der Waals surface area (Å²) < 4.78 is 5.90. The molecule has 2 heterocycles. The molecule has 1 amide bonds. The largest absolute Gasteiger partial charge is 0.440 e. The maximum absolute atomic E-state index is 12.4. The van der Waals surface area contributed by atoms with Gasteiger partial charge in [0.15, 0.2) is 11.5 Å². The number of aromatic nitrogens is 1. The Morgan fingerprint density at radius 2 is 2.00 bits per heavy atom. The van der Waals surface area contributed by atoms with Crippen molar-refractivity contribution in [1.29, 1.82) is 0 Å². The Morgan fingerprint density at radius 3 is 2.75 bits per heavy atom. The molecule has 5 nitrogen and oxygen atoms in total. The van der Waals surface area contributed by atoms with Gasteiger partial charge in [0.25, 0.3) is 0 Å². The fourth-order valence-corrected chi connectivity index (χ4v) is 3.99. The van der Waals surface area contributed by atoms with Crippen LogP contribution in [0.5, 0.6) is 0 Å². The lowest BCUT2D eigenvalue weighted by molar-refractivity contribution is -0.117. The van der Waals surface area contributed by atoms with Crippen molar-refractivity contribution in [3.05, 3.63) is 57.9 Å². The van der Waals surface area contributed by atoms with E-state index in [0.29, 0.717) is 22.3 Å². The molecule has 0 spiro atoms. The molecule has 0 aliphatic carbocycles. The van der Waals surface area contributed by atoms with Crippen molar-refractivity contribution in [2.45, 2.75) is 25.7 Å². The predicted octanol–water partition coefficient (Wildman–Crippen LogP) is 5.26. The molecule has 0 unspecified atom stereocenters. The number of halogens is 2. The van der Waals surface area contributed by atoms with Crippen LogP contribution in [0.1, 0.15) is 30.2 Å². The second kappa shape index (κ2) is 8.11. The van der Waals surface area contributed by atoms with Crippen molar-refractivity contribution in [1.82, 2.24) is 9.88 Å². The van der Waals surface area contributed by atoms with Crippen molar-refractivity contribution in [2.75, 3.05) is 25.0 Å². The Labute approximate surface area is 173 Å². The second-order valence-corrected chi connectivity index (χ2v) is 8.09. The monoisotopic (exact) mass is 417 g/mol. The molecule has 3 aromatic rings. The summed E-state index contributed by atoms with van der Waals surface area (Å²) in [6, 6.07) is 11.1. The number of anilines is 1. The summed E-state index contributed by atoms with van der Waals surface area (Å²) in [5.74, 6) is 0.963. The van der Waals surface area contributed by atoms with Crippen molar-refractivity contribution in [3.8, 4) is 0 Å². The van der Waals surface area contributed by atoms with Crippen LogP contribution in [0.4, 0.5) is 5.69 Å². The fourth-order valence-electron chi connectivity index (χ4n) is 3.55. The van der Waals surface area contributed by atoms with E-state index >= 15 is 0 Å². The third kappa shape index (κ3) is 4.32. The van der Waals surface area contributed by atoms with E-state index in [2.05, 4.69) is 15.2 Å². The van der Waals surface area contributed by atoms with Crippen molar-refractivity contribution < 1.29 is 9.21 Å². The third-order valence-corrected chi connectivity index (χ3v) is 5.62. The lowest BCUT2D eigenvalue weighted by Crippen LogP contribution is -2.38. The first-order valence-electron chi connectivity index (χ1n) is 9.32. The number of hydrogen-bond donors (Lipinski definition) is 1. The number of amides is 1. The van der Waals surface area contributed by atoms with E-state index in [1.807, 2.05) is 37.3 Å². The zero-order valence-corrected chi connectivity index (χ0v) is 17.1. The number of nitrogens with one attached hydrogen (secondary N) is 1. The van der Waals surface area contributed by atoms with Crippen molar-refractivity contribution in [2.24, 2.45) is 0 Å². The van der Waals surface area contributed by atoms with Crippen LogP contribution in [0.25, 0.3) is 11.1 Å². The van der Waals surface area contributed by atoms with E-state index in [1.54, 1.807) is 6.07 Å². The molecular weight excluding hydrogens is 397 g/mol. The van der Waals surface area contributed by atoms with Crippen LogP contribution >= 0.6 is 23.2 Å². The third-order valence-electron chi connectivity index (χ3n) is 5.07. The summed E-state index contributed by atoms with van der Waals surface area (Å²) in [7, 11) is 0. The van der Waals surface area contributed by atoms with Gasteiger partial charge in [0, 0.05) is 10.9 Å². The Balaban J connectivity index is 1.32. The lowest BCUT2D eigenvalue weighted by atomic mass is 9.97. The summed E-state index contributed by atoms with van der Waals surface area (Å²) >= 11 is 12.2. The van der Waals surface area contributed by atoms with E-state index in [9.17, 15) is 4.79 Å². The Morgan fingerprint density at radius 1 is 1.21 bits per heavy atom. The quantitative estimate of drug-likeness (QED) is 0.628. The van der Waals surface area contributed by atoms with Crippen LogP contribution in [0.2, 0.25) is 10.0 Å². The predicted molar refractivity (Wildman–Crippen MR) is 112 cm³/mol. The summed E-state index contributed by atoms with van der Waals surface area (Å²) in [5.41, 5.74) is 3.26. The van der Waals surface area contributed by atoms with E-state index < -0.39 is 0 Å². The van der Waals surface area contributed by atoms with Crippen LogP contribution in [0, 0.1) is 6.92 Å². The minimum atomic E-state index is -0.0549. The number of rotatable bonds is 4. The first kappa shape index (κ1) is 19.2. The van der Waals surface area contributed by atoms with Crippen LogP contribution in [-0.2, 0) is 4.79 Å². The number of likely N-dealkylation sites (tertiary alicyclic amines) is 1. The fraction of sp³-hybridized carbons (Fsp3) is 0.333. The number of hydrogen-bond acceptors (Lipinski definition) is 4. The number of benzene rings is 2. The zero-order valence-electron chi connectivity index (χ0n) is 15.5. The molecule has 1 N–H and O–H groups in total. The van der Waals surface area contributed by atoms with Crippen LogP contribution in [0.15, 0.2) is 40.8 Å². The number of oxazole rings is 1. The molecule has 0 saturated carbocycles. The number of carbonyl (C=O) groups is 1. The van der Waals surface area contributed by atoms with Crippen molar-refractivity contribution >= 4 is 45.9 Å². The minimum absolute atomic E-state index is 0.0549. The van der Waals surface area contributed by atoms with Crippen LogP contribution in [-0.4, -0.2) is 35.4 Å². The molecule has 1 saturated heterocycles. The van der Waals surface area contributed by atoms with Gasteiger partial charge >= 0.3 is 0 Å². The normalized spacial score (nSPS) is 15.8. The molecule has 0 bridgehead atoms. The molecule has 0 radical (unpaired) electrons. The Kier molecular flexibility index (Phi) is 5.58. The second-order valence-electron chi connectivity index (χ2n) is 7.25. The summed E-state index contributed by atoms with van der Waals surface area (Å²) in [6.07, 6.45) is 1.80. The molecule has 1 fully saturated rings. The highest BCUT2D eigenvalue weighted by atomic mass is 35.5. The first-order chi connectivity index (χ1) is 13.5. The Bertz CT molecular complexity index is 1010. The van der Waals surface area contributed by atoms with Gasteiger partial charge < -0.3 is 9.73 Å². The molecule has 4 rings (SSSR count). The van der Waals surface area contributed by atoms with Gasteiger partial charge in [-0.25, -0.2) is 4.98 Å². The van der Waals surface area contributed by atoms with Gasteiger partial charge in [0.05, 0.1) is 17.3 Å². The highest BCUT2D eigenvalue weighted by molar-refractivity contribution is 6.33. The van der Waals surface area contributed by atoms with E-state index in [1.165, 1.54) is 0 Å². The van der Waals surface area contributed by atoms with Gasteiger partial charge in [-0.05, 0) is 68.8 Å². The van der Waals surface area contributed by atoms with E-state index in [4.69, 9.17) is 27.6 Å². The zero-order chi connectivity index (χ0) is 19.7. The van der Waals surface area contributed by atoms with Gasteiger partial charge in [-0.2, -0.15) is 0 Å². The number of nitrogens with zero attached hydrogens (tertiary/aromatic N) is 2. The SMILES string of the molecule is Cc1ccc(NC(=O)CN2CCC(c3nc4cc(Cl)ccc4o3)CC2)c(Cl)c1. The van der Waals surface area contributed by atoms with Crippen molar-refractivity contribution in [3.63, 3.8) is 0 Å². The number of fused-ring (bicyclic) bond motifs is 1. The molecule has 1 aliphatic heterocycles. The molecule has 1 aliphatic rings. The maximum atomic E-state index is 12.4. The average molecular weight is 418 g/mol. The first-order valence-corrected chi connectivity index (χ1v) is 10.1. The van der Waals surface area contributed by atoms with Gasteiger partial charge in [0.1, 0.15) is 5.52 Å². The minimum Gasteiger partial charge on any atom is -0.440 e. The molecule has 0 atom stereocenters.